The van der Waals surface area contributed by atoms with Crippen molar-refractivity contribution >= 4 is 23.0 Å². The molecule has 0 aliphatic rings. The van der Waals surface area contributed by atoms with Crippen molar-refractivity contribution in [3.63, 3.8) is 0 Å². The molecule has 0 fully saturated rings. The van der Waals surface area contributed by atoms with Crippen LogP contribution in [0.2, 0.25) is 0 Å². The van der Waals surface area contributed by atoms with E-state index < -0.39 is 10.8 Å². The van der Waals surface area contributed by atoms with Gasteiger partial charge in [0.15, 0.2) is 11.5 Å². The average molecular weight is 375 g/mol. The maximum atomic E-state index is 12.3. The van der Waals surface area contributed by atoms with E-state index in [9.17, 15) is 14.9 Å². The Hall–Kier alpha value is -3.49. The molecular formula is C18H21N3O6. The molecule has 2 rings (SSSR count). The van der Waals surface area contributed by atoms with Crippen LogP contribution in [0.4, 0.5) is 17.1 Å². The van der Waals surface area contributed by atoms with Crippen LogP contribution in [0.5, 0.6) is 17.2 Å². The minimum absolute atomic E-state index is 0.0152. The third-order valence-electron chi connectivity index (χ3n) is 3.86. The normalized spacial score (nSPS) is 10.1. The average Bonchev–Trinajstić information content (AvgIpc) is 2.67. The number of hydrogen-bond donors (Lipinski definition) is 1. The van der Waals surface area contributed by atoms with Crippen molar-refractivity contribution in [3.8, 4) is 17.2 Å². The van der Waals surface area contributed by atoms with Gasteiger partial charge in [-0.3, -0.25) is 14.9 Å². The largest absolute Gasteiger partial charge is 0.496 e. The van der Waals surface area contributed by atoms with Crippen LogP contribution < -0.4 is 24.4 Å². The van der Waals surface area contributed by atoms with Gasteiger partial charge < -0.3 is 24.4 Å². The highest BCUT2D eigenvalue weighted by Crippen LogP contribution is 2.31. The number of carbonyl (C=O) groups is 1. The second-order valence-electron chi connectivity index (χ2n) is 5.58. The van der Waals surface area contributed by atoms with Crippen LogP contribution >= 0.6 is 0 Å². The molecule has 0 unspecified atom stereocenters. The molecule has 9 nitrogen and oxygen atoms in total. The number of nitrogens with one attached hydrogen (secondary N) is 1. The Balaban J connectivity index is 2.13. The van der Waals surface area contributed by atoms with E-state index in [1.807, 2.05) is 0 Å². The summed E-state index contributed by atoms with van der Waals surface area (Å²) in [5, 5.41) is 13.8. The third-order valence-corrected chi connectivity index (χ3v) is 3.86. The molecule has 2 aromatic carbocycles. The number of nitro benzene ring substituents is 1. The zero-order valence-electron chi connectivity index (χ0n) is 15.5. The van der Waals surface area contributed by atoms with Crippen molar-refractivity contribution in [2.45, 2.75) is 0 Å². The Kier molecular flexibility index (Phi) is 6.42. The van der Waals surface area contributed by atoms with Crippen molar-refractivity contribution in [3.05, 3.63) is 46.5 Å². The van der Waals surface area contributed by atoms with Crippen molar-refractivity contribution in [1.29, 1.82) is 0 Å². The summed E-state index contributed by atoms with van der Waals surface area (Å²) in [5.74, 6) is 1.05. The van der Waals surface area contributed by atoms with Crippen molar-refractivity contribution in [2.24, 2.45) is 0 Å². The van der Waals surface area contributed by atoms with E-state index >= 15 is 0 Å². The summed E-state index contributed by atoms with van der Waals surface area (Å²) in [7, 11) is 6.20. The summed E-state index contributed by atoms with van der Waals surface area (Å²) in [5.41, 5.74) is 0.593. The van der Waals surface area contributed by atoms with E-state index in [0.717, 1.165) is 5.69 Å². The van der Waals surface area contributed by atoms with Gasteiger partial charge in [-0.25, -0.2) is 0 Å². The van der Waals surface area contributed by atoms with E-state index in [0.29, 0.717) is 17.2 Å². The first-order chi connectivity index (χ1) is 12.9. The summed E-state index contributed by atoms with van der Waals surface area (Å²) < 4.78 is 15.4. The van der Waals surface area contributed by atoms with Gasteiger partial charge in [-0.2, -0.15) is 0 Å². The second-order valence-corrected chi connectivity index (χ2v) is 5.58. The summed E-state index contributed by atoms with van der Waals surface area (Å²) in [6.07, 6.45) is 0. The van der Waals surface area contributed by atoms with Crippen LogP contribution in [0.1, 0.15) is 0 Å². The third kappa shape index (κ3) is 4.78. The van der Waals surface area contributed by atoms with Gasteiger partial charge in [0, 0.05) is 18.8 Å². The number of carbonyl (C=O) groups excluding carboxylic acids is 1. The first kappa shape index (κ1) is 19.8. The molecule has 0 saturated carbocycles. The number of ether oxygens (including phenoxy) is 3. The quantitative estimate of drug-likeness (QED) is 0.559. The van der Waals surface area contributed by atoms with Gasteiger partial charge in [-0.1, -0.05) is 0 Å². The van der Waals surface area contributed by atoms with E-state index in [-0.39, 0.29) is 17.9 Å². The van der Waals surface area contributed by atoms with Gasteiger partial charge in [0.2, 0.25) is 5.91 Å². The van der Waals surface area contributed by atoms with Crippen LogP contribution in [0, 0.1) is 10.1 Å². The maximum absolute atomic E-state index is 12.3. The number of nitrogens with zero attached hydrogens (tertiary/aromatic N) is 2. The van der Waals surface area contributed by atoms with Crippen molar-refractivity contribution in [1.82, 2.24) is 0 Å². The fourth-order valence-corrected chi connectivity index (χ4v) is 2.45. The number of rotatable bonds is 8. The second kappa shape index (κ2) is 8.75. The zero-order chi connectivity index (χ0) is 20.0. The van der Waals surface area contributed by atoms with E-state index in [2.05, 4.69) is 5.32 Å². The SMILES string of the molecule is COc1ccc(NC(=O)CN(C)c2ccc(OC)c(OC)c2)c([N+](=O)[O-])c1. The Bertz CT molecular complexity index is 840. The van der Waals surface area contributed by atoms with Gasteiger partial charge in [-0.15, -0.1) is 0 Å². The van der Waals surface area contributed by atoms with Crippen LogP contribution in [0.3, 0.4) is 0 Å². The molecule has 0 saturated heterocycles. The van der Waals surface area contributed by atoms with Gasteiger partial charge in [0.1, 0.15) is 11.4 Å². The van der Waals surface area contributed by atoms with E-state index in [1.165, 1.54) is 33.5 Å². The first-order valence-electron chi connectivity index (χ1n) is 7.95. The number of likely N-dealkylation sites (N-methyl/N-ethyl adjacent to an activating group) is 1. The van der Waals surface area contributed by atoms with Crippen LogP contribution in [0.15, 0.2) is 36.4 Å². The molecule has 144 valence electrons. The molecule has 0 aromatic heterocycles. The van der Waals surface area contributed by atoms with Gasteiger partial charge in [0.05, 0.1) is 38.9 Å². The summed E-state index contributed by atoms with van der Waals surface area (Å²) in [6.45, 7) is -0.0152. The molecule has 9 heteroatoms. The number of anilines is 2. The summed E-state index contributed by atoms with van der Waals surface area (Å²) in [6, 6.07) is 9.49. The van der Waals surface area contributed by atoms with Crippen LogP contribution in [0.25, 0.3) is 0 Å². The lowest BCUT2D eigenvalue weighted by Gasteiger charge is -2.20. The highest BCUT2D eigenvalue weighted by molar-refractivity contribution is 5.96. The lowest BCUT2D eigenvalue weighted by molar-refractivity contribution is -0.384. The van der Waals surface area contributed by atoms with Crippen molar-refractivity contribution < 1.29 is 23.9 Å². The van der Waals surface area contributed by atoms with Gasteiger partial charge >= 0.3 is 0 Å². The summed E-state index contributed by atoms with van der Waals surface area (Å²) >= 11 is 0. The molecule has 1 N–H and O–H groups in total. The highest BCUT2D eigenvalue weighted by Gasteiger charge is 2.18. The molecular weight excluding hydrogens is 354 g/mol. The molecule has 27 heavy (non-hydrogen) atoms. The Morgan fingerprint density at radius 3 is 2.37 bits per heavy atom. The standard InChI is InChI=1S/C18H21N3O6/c1-20(12-5-8-16(26-3)17(9-12)27-4)11-18(22)19-14-7-6-13(25-2)10-15(14)21(23)24/h5-10H,11H2,1-4H3,(H,19,22). The molecule has 0 aliphatic heterocycles. The molecule has 0 atom stereocenters. The van der Waals surface area contributed by atoms with E-state index in [4.69, 9.17) is 14.2 Å². The predicted molar refractivity (Wildman–Crippen MR) is 101 cm³/mol. The molecule has 0 radical (unpaired) electrons. The number of methoxy groups -OCH3 is 3. The smallest absolute Gasteiger partial charge is 0.296 e. The molecule has 1 amide bonds. The van der Waals surface area contributed by atoms with Crippen LogP contribution in [-0.2, 0) is 4.79 Å². The van der Waals surface area contributed by atoms with Crippen molar-refractivity contribution in [2.75, 3.05) is 45.1 Å². The number of nitro groups is 1. The highest BCUT2D eigenvalue weighted by atomic mass is 16.6. The Morgan fingerprint density at radius 1 is 1.07 bits per heavy atom. The first-order valence-corrected chi connectivity index (χ1v) is 7.95. The fraction of sp³-hybridized carbons (Fsp3) is 0.278. The maximum Gasteiger partial charge on any atom is 0.296 e. The topological polar surface area (TPSA) is 103 Å². The molecule has 0 heterocycles. The number of hydrogen-bond acceptors (Lipinski definition) is 7. The molecule has 2 aromatic rings. The zero-order valence-corrected chi connectivity index (χ0v) is 15.5. The van der Waals surface area contributed by atoms with Crippen LogP contribution in [-0.4, -0.2) is 45.8 Å². The Morgan fingerprint density at radius 2 is 1.78 bits per heavy atom. The van der Waals surface area contributed by atoms with Gasteiger partial charge in [0.25, 0.3) is 5.69 Å². The number of benzene rings is 2. The Labute approximate surface area is 156 Å². The molecule has 0 aliphatic carbocycles. The fourth-order valence-electron chi connectivity index (χ4n) is 2.45. The molecule has 0 spiro atoms. The minimum Gasteiger partial charge on any atom is -0.496 e. The van der Waals surface area contributed by atoms with E-state index in [1.54, 1.807) is 36.2 Å². The lowest BCUT2D eigenvalue weighted by atomic mass is 10.2. The monoisotopic (exact) mass is 375 g/mol. The lowest BCUT2D eigenvalue weighted by Crippen LogP contribution is -2.30. The number of amides is 1. The molecule has 0 bridgehead atoms. The summed E-state index contributed by atoms with van der Waals surface area (Å²) in [4.78, 5) is 24.7. The predicted octanol–water partition coefficient (Wildman–Crippen LogP) is 2.70. The minimum atomic E-state index is -0.573. The van der Waals surface area contributed by atoms with Gasteiger partial charge in [-0.05, 0) is 24.3 Å².